The van der Waals surface area contributed by atoms with Crippen molar-refractivity contribution in [2.45, 2.75) is 44.6 Å². The van der Waals surface area contributed by atoms with Gasteiger partial charge >= 0.3 is 5.76 Å². The number of halogens is 2. The van der Waals surface area contributed by atoms with E-state index >= 15 is 0 Å². The van der Waals surface area contributed by atoms with Crippen LogP contribution in [0.4, 0.5) is 8.78 Å². The monoisotopic (exact) mass is 338 g/mol. The Kier molecular flexibility index (Phi) is 4.69. The molecular formula is C17H20F2N2O3. The minimum absolute atomic E-state index is 0.0470. The number of nitrogens with zero attached hydrogens (tertiary/aromatic N) is 2. The van der Waals surface area contributed by atoms with E-state index in [-0.39, 0.29) is 18.8 Å². The zero-order valence-corrected chi connectivity index (χ0v) is 13.5. The molecule has 1 heterocycles. The molecular weight excluding hydrogens is 318 g/mol. The highest BCUT2D eigenvalue weighted by Gasteiger charge is 2.35. The average Bonchev–Trinajstić information content (AvgIpc) is 2.90. The number of alkyl halides is 2. The Bertz CT molecular complexity index is 744. The molecule has 1 saturated carbocycles. The van der Waals surface area contributed by atoms with Crippen LogP contribution in [0.2, 0.25) is 0 Å². The van der Waals surface area contributed by atoms with Gasteiger partial charge < -0.3 is 4.74 Å². The van der Waals surface area contributed by atoms with E-state index in [2.05, 4.69) is 5.16 Å². The van der Waals surface area contributed by atoms with Crippen LogP contribution in [0, 0.1) is 5.92 Å². The van der Waals surface area contributed by atoms with Crippen molar-refractivity contribution < 1.29 is 18.0 Å². The van der Waals surface area contributed by atoms with E-state index in [1.807, 2.05) is 24.3 Å². The molecule has 1 aliphatic carbocycles. The largest absolute Gasteiger partial charge is 0.497 e. The summed E-state index contributed by atoms with van der Waals surface area (Å²) < 4.78 is 38.0. The molecule has 1 aliphatic rings. The maximum Gasteiger partial charge on any atom is 0.441 e. The van der Waals surface area contributed by atoms with Crippen LogP contribution in [0.25, 0.3) is 0 Å². The molecule has 0 aliphatic heterocycles. The van der Waals surface area contributed by atoms with Gasteiger partial charge in [-0.05, 0) is 36.5 Å². The highest BCUT2D eigenvalue weighted by molar-refractivity contribution is 5.30. The standard InChI is InChI=1S/C17H20F2N2O3/c1-23-14-4-2-3-13(9-14)10-15-20-24-16(22)21(15)11-12-5-7-17(18,19)8-6-12/h2-4,9,12H,5-8,10-11H2,1H3. The molecule has 0 N–H and O–H groups in total. The van der Waals surface area contributed by atoms with Crippen molar-refractivity contribution in [2.75, 3.05) is 7.11 Å². The van der Waals surface area contributed by atoms with Crippen molar-refractivity contribution in [2.24, 2.45) is 5.92 Å². The first-order valence-corrected chi connectivity index (χ1v) is 8.03. The predicted molar refractivity (Wildman–Crippen MR) is 83.5 cm³/mol. The predicted octanol–water partition coefficient (Wildman–Crippen LogP) is 3.26. The minimum Gasteiger partial charge on any atom is -0.497 e. The third-order valence-electron chi connectivity index (χ3n) is 4.53. The van der Waals surface area contributed by atoms with E-state index < -0.39 is 11.7 Å². The Balaban J connectivity index is 1.73. The molecule has 0 bridgehead atoms. The highest BCUT2D eigenvalue weighted by atomic mass is 19.3. The van der Waals surface area contributed by atoms with Crippen molar-refractivity contribution in [3.05, 3.63) is 46.2 Å². The second kappa shape index (κ2) is 6.75. The molecule has 130 valence electrons. The van der Waals surface area contributed by atoms with Gasteiger partial charge in [0.05, 0.1) is 7.11 Å². The van der Waals surface area contributed by atoms with Crippen LogP contribution in [0.15, 0.2) is 33.6 Å². The fraction of sp³-hybridized carbons (Fsp3) is 0.529. The van der Waals surface area contributed by atoms with Gasteiger partial charge in [-0.25, -0.2) is 13.6 Å². The molecule has 0 spiro atoms. The van der Waals surface area contributed by atoms with Gasteiger partial charge in [0.1, 0.15) is 5.75 Å². The molecule has 0 radical (unpaired) electrons. The summed E-state index contributed by atoms with van der Waals surface area (Å²) in [7, 11) is 1.59. The van der Waals surface area contributed by atoms with Gasteiger partial charge in [-0.15, -0.1) is 0 Å². The lowest BCUT2D eigenvalue weighted by molar-refractivity contribution is -0.0475. The fourth-order valence-electron chi connectivity index (χ4n) is 3.11. The molecule has 0 atom stereocenters. The van der Waals surface area contributed by atoms with Gasteiger partial charge in [0.15, 0.2) is 5.82 Å². The second-order valence-corrected chi connectivity index (χ2v) is 6.30. The lowest BCUT2D eigenvalue weighted by atomic mass is 9.86. The zero-order valence-electron chi connectivity index (χ0n) is 13.5. The van der Waals surface area contributed by atoms with Crippen molar-refractivity contribution in [3.8, 4) is 5.75 Å². The lowest BCUT2D eigenvalue weighted by Crippen LogP contribution is -2.29. The van der Waals surface area contributed by atoms with Gasteiger partial charge in [0.2, 0.25) is 5.92 Å². The Hall–Kier alpha value is -2.18. The lowest BCUT2D eigenvalue weighted by Gasteiger charge is -2.28. The average molecular weight is 338 g/mol. The Labute approximate surface area is 138 Å². The van der Waals surface area contributed by atoms with Crippen LogP contribution in [0.1, 0.15) is 37.1 Å². The Morgan fingerprint density at radius 2 is 2.12 bits per heavy atom. The number of benzene rings is 1. The van der Waals surface area contributed by atoms with E-state index in [1.165, 1.54) is 4.57 Å². The van der Waals surface area contributed by atoms with Gasteiger partial charge in [0.25, 0.3) is 0 Å². The van der Waals surface area contributed by atoms with Crippen LogP contribution >= 0.6 is 0 Å². The normalized spacial score (nSPS) is 17.8. The summed E-state index contributed by atoms with van der Waals surface area (Å²) in [5.74, 6) is -1.83. The highest BCUT2D eigenvalue weighted by Crippen LogP contribution is 2.36. The maximum atomic E-state index is 13.3. The third kappa shape index (κ3) is 3.83. The van der Waals surface area contributed by atoms with E-state index in [9.17, 15) is 13.6 Å². The summed E-state index contributed by atoms with van der Waals surface area (Å²) in [6, 6.07) is 7.47. The first-order chi connectivity index (χ1) is 11.5. The van der Waals surface area contributed by atoms with Crippen molar-refractivity contribution in [1.82, 2.24) is 9.72 Å². The quantitative estimate of drug-likeness (QED) is 0.840. The van der Waals surface area contributed by atoms with Gasteiger partial charge in [0, 0.05) is 25.8 Å². The topological polar surface area (TPSA) is 57.3 Å². The van der Waals surface area contributed by atoms with E-state index in [0.717, 1.165) is 11.3 Å². The SMILES string of the molecule is COc1cccc(Cc2noc(=O)n2CC2CCC(F)(F)CC2)c1. The second-order valence-electron chi connectivity index (χ2n) is 6.30. The maximum absolute atomic E-state index is 13.3. The number of hydrogen-bond donors (Lipinski definition) is 0. The molecule has 0 saturated heterocycles. The van der Waals surface area contributed by atoms with Crippen LogP contribution < -0.4 is 10.5 Å². The third-order valence-corrected chi connectivity index (χ3v) is 4.53. The summed E-state index contributed by atoms with van der Waals surface area (Å²) in [5.41, 5.74) is 0.937. The van der Waals surface area contributed by atoms with Gasteiger partial charge in [-0.1, -0.05) is 17.3 Å². The molecule has 0 unspecified atom stereocenters. The Morgan fingerprint density at radius 3 is 2.83 bits per heavy atom. The summed E-state index contributed by atoms with van der Waals surface area (Å²) in [5, 5.41) is 3.85. The number of hydrogen-bond acceptors (Lipinski definition) is 4. The van der Waals surface area contributed by atoms with E-state index in [0.29, 0.717) is 31.6 Å². The smallest absolute Gasteiger partial charge is 0.441 e. The van der Waals surface area contributed by atoms with E-state index in [1.54, 1.807) is 7.11 Å². The number of rotatable bonds is 5. The van der Waals surface area contributed by atoms with Crippen molar-refractivity contribution in [3.63, 3.8) is 0 Å². The summed E-state index contributed by atoms with van der Waals surface area (Å²) in [6.45, 7) is 0.373. The zero-order chi connectivity index (χ0) is 17.2. The van der Waals surface area contributed by atoms with Crippen molar-refractivity contribution in [1.29, 1.82) is 0 Å². The molecule has 0 amide bonds. The Morgan fingerprint density at radius 1 is 1.38 bits per heavy atom. The number of methoxy groups -OCH3 is 1. The van der Waals surface area contributed by atoms with Crippen LogP contribution in [-0.2, 0) is 13.0 Å². The van der Waals surface area contributed by atoms with Crippen molar-refractivity contribution >= 4 is 0 Å². The first kappa shape index (κ1) is 16.7. The molecule has 24 heavy (non-hydrogen) atoms. The minimum atomic E-state index is -2.57. The summed E-state index contributed by atoms with van der Waals surface area (Å²) in [4.78, 5) is 11.9. The van der Waals surface area contributed by atoms with Crippen LogP contribution in [0.5, 0.6) is 5.75 Å². The summed E-state index contributed by atoms with van der Waals surface area (Å²) >= 11 is 0. The van der Waals surface area contributed by atoms with Crippen LogP contribution in [-0.4, -0.2) is 22.8 Å². The van der Waals surface area contributed by atoms with Gasteiger partial charge in [-0.3, -0.25) is 9.09 Å². The number of ether oxygens (including phenoxy) is 1. The molecule has 1 fully saturated rings. The van der Waals surface area contributed by atoms with Crippen LogP contribution in [0.3, 0.4) is 0 Å². The molecule has 1 aromatic heterocycles. The molecule has 2 aromatic rings. The molecule has 3 rings (SSSR count). The van der Waals surface area contributed by atoms with E-state index in [4.69, 9.17) is 9.26 Å². The fourth-order valence-corrected chi connectivity index (χ4v) is 3.11. The van der Waals surface area contributed by atoms with Gasteiger partial charge in [-0.2, -0.15) is 0 Å². The molecule has 1 aromatic carbocycles. The molecule has 5 nitrogen and oxygen atoms in total. The first-order valence-electron chi connectivity index (χ1n) is 8.03. The molecule has 7 heteroatoms. The number of aromatic nitrogens is 2. The summed E-state index contributed by atoms with van der Waals surface area (Å²) in [6.07, 6.45) is 0.990.